The van der Waals surface area contributed by atoms with E-state index in [2.05, 4.69) is 10.3 Å². The van der Waals surface area contributed by atoms with Gasteiger partial charge in [0.2, 0.25) is 5.91 Å². The van der Waals surface area contributed by atoms with Crippen molar-refractivity contribution in [3.05, 3.63) is 30.1 Å². The number of carboxylic acids is 1. The van der Waals surface area contributed by atoms with E-state index in [0.717, 1.165) is 12.8 Å². The zero-order valence-corrected chi connectivity index (χ0v) is 13.1. The molecule has 1 aromatic rings. The predicted octanol–water partition coefficient (Wildman–Crippen LogP) is 0.771. The van der Waals surface area contributed by atoms with Crippen molar-refractivity contribution in [3.8, 4) is 0 Å². The molecule has 2 amide bonds. The minimum absolute atomic E-state index is 0.205. The second-order valence-corrected chi connectivity index (χ2v) is 5.75. The Morgan fingerprint density at radius 3 is 2.61 bits per heavy atom. The predicted molar refractivity (Wildman–Crippen MR) is 82.7 cm³/mol. The van der Waals surface area contributed by atoms with E-state index in [1.807, 2.05) is 0 Å². The molecule has 1 aliphatic heterocycles. The fourth-order valence-electron chi connectivity index (χ4n) is 2.56. The first-order valence-electron chi connectivity index (χ1n) is 7.70. The number of pyridine rings is 1. The van der Waals surface area contributed by atoms with Crippen LogP contribution in [0.15, 0.2) is 24.4 Å². The average molecular weight is 319 g/mol. The minimum atomic E-state index is -1.10. The van der Waals surface area contributed by atoms with Gasteiger partial charge in [-0.1, -0.05) is 6.07 Å². The Balaban J connectivity index is 1.76. The third-order valence-corrected chi connectivity index (χ3v) is 4.12. The number of carbonyl (C=O) groups excluding carboxylic acids is 2. The minimum Gasteiger partial charge on any atom is -0.481 e. The third kappa shape index (κ3) is 4.51. The normalized spacial score (nSPS) is 16.7. The van der Waals surface area contributed by atoms with Gasteiger partial charge in [-0.15, -0.1) is 0 Å². The number of likely N-dealkylation sites (tertiary alicyclic amines) is 1. The number of amides is 2. The van der Waals surface area contributed by atoms with Crippen molar-refractivity contribution < 1.29 is 19.5 Å². The summed E-state index contributed by atoms with van der Waals surface area (Å²) in [5, 5.41) is 11.7. The largest absolute Gasteiger partial charge is 0.481 e. The monoisotopic (exact) mass is 319 g/mol. The summed E-state index contributed by atoms with van der Waals surface area (Å²) in [7, 11) is 0. The molecular weight excluding hydrogens is 298 g/mol. The number of hydrogen-bond donors (Lipinski definition) is 2. The maximum Gasteiger partial charge on any atom is 0.315 e. The van der Waals surface area contributed by atoms with Crippen LogP contribution in [0.25, 0.3) is 0 Å². The SMILES string of the molecule is CC(C(=O)O)C(=O)N1CCC(CNC(=O)c2ccccn2)CC1. The smallest absolute Gasteiger partial charge is 0.315 e. The molecule has 0 aromatic carbocycles. The molecule has 23 heavy (non-hydrogen) atoms. The zero-order chi connectivity index (χ0) is 16.8. The molecule has 2 heterocycles. The van der Waals surface area contributed by atoms with E-state index in [0.29, 0.717) is 25.3 Å². The van der Waals surface area contributed by atoms with Gasteiger partial charge in [-0.3, -0.25) is 19.4 Å². The number of aliphatic carboxylic acids is 1. The van der Waals surface area contributed by atoms with Crippen LogP contribution >= 0.6 is 0 Å². The van der Waals surface area contributed by atoms with Crippen molar-refractivity contribution in [2.24, 2.45) is 11.8 Å². The first kappa shape index (κ1) is 16.9. The van der Waals surface area contributed by atoms with E-state index < -0.39 is 11.9 Å². The van der Waals surface area contributed by atoms with E-state index in [-0.39, 0.29) is 17.7 Å². The number of carbonyl (C=O) groups is 3. The summed E-state index contributed by atoms with van der Waals surface area (Å²) in [5.41, 5.74) is 0.385. The van der Waals surface area contributed by atoms with Crippen LogP contribution in [0.2, 0.25) is 0 Å². The highest BCUT2D eigenvalue weighted by Gasteiger charge is 2.29. The number of hydrogen-bond acceptors (Lipinski definition) is 4. The van der Waals surface area contributed by atoms with Crippen molar-refractivity contribution >= 4 is 17.8 Å². The summed E-state index contributed by atoms with van der Waals surface area (Å²) >= 11 is 0. The Morgan fingerprint density at radius 2 is 2.04 bits per heavy atom. The summed E-state index contributed by atoms with van der Waals surface area (Å²) in [6, 6.07) is 5.17. The molecule has 1 aromatic heterocycles. The molecule has 0 radical (unpaired) electrons. The Kier molecular flexibility index (Phi) is 5.67. The van der Waals surface area contributed by atoms with Gasteiger partial charge < -0.3 is 15.3 Å². The molecule has 1 fully saturated rings. The molecule has 0 bridgehead atoms. The average Bonchev–Trinajstić information content (AvgIpc) is 2.59. The molecule has 7 heteroatoms. The third-order valence-electron chi connectivity index (χ3n) is 4.12. The molecule has 1 aliphatic rings. The summed E-state index contributed by atoms with van der Waals surface area (Å²) in [4.78, 5) is 40.3. The molecule has 1 atom stereocenters. The van der Waals surface area contributed by atoms with Gasteiger partial charge in [-0.25, -0.2) is 0 Å². The van der Waals surface area contributed by atoms with Gasteiger partial charge in [-0.05, 0) is 37.8 Å². The fourth-order valence-corrected chi connectivity index (χ4v) is 2.56. The fraction of sp³-hybridized carbons (Fsp3) is 0.500. The second kappa shape index (κ2) is 7.71. The Hall–Kier alpha value is -2.44. The summed E-state index contributed by atoms with van der Waals surface area (Å²) < 4.78 is 0. The molecule has 7 nitrogen and oxygen atoms in total. The lowest BCUT2D eigenvalue weighted by atomic mass is 9.95. The lowest BCUT2D eigenvalue weighted by molar-refractivity contribution is -0.150. The summed E-state index contributed by atoms with van der Waals surface area (Å²) in [5.74, 6) is -2.36. The molecule has 0 spiro atoms. The number of aromatic nitrogens is 1. The molecule has 0 saturated carbocycles. The van der Waals surface area contributed by atoms with Crippen LogP contribution in [-0.4, -0.2) is 52.4 Å². The Labute approximate surface area is 134 Å². The maximum absolute atomic E-state index is 12.0. The highest BCUT2D eigenvalue weighted by Crippen LogP contribution is 2.18. The van der Waals surface area contributed by atoms with Gasteiger partial charge in [0, 0.05) is 25.8 Å². The molecule has 2 N–H and O–H groups in total. The van der Waals surface area contributed by atoms with Crippen molar-refractivity contribution in [1.82, 2.24) is 15.2 Å². The zero-order valence-electron chi connectivity index (χ0n) is 13.1. The van der Waals surface area contributed by atoms with Crippen LogP contribution in [0.4, 0.5) is 0 Å². The first-order chi connectivity index (χ1) is 11.0. The first-order valence-corrected chi connectivity index (χ1v) is 7.70. The Morgan fingerprint density at radius 1 is 1.35 bits per heavy atom. The quantitative estimate of drug-likeness (QED) is 0.781. The van der Waals surface area contributed by atoms with Crippen molar-refractivity contribution in [1.29, 1.82) is 0 Å². The lowest BCUT2D eigenvalue weighted by Gasteiger charge is -2.33. The Bertz CT molecular complexity index is 568. The van der Waals surface area contributed by atoms with Crippen LogP contribution in [0.3, 0.4) is 0 Å². The topological polar surface area (TPSA) is 99.6 Å². The van der Waals surface area contributed by atoms with Crippen LogP contribution in [-0.2, 0) is 9.59 Å². The van der Waals surface area contributed by atoms with Crippen LogP contribution in [0.5, 0.6) is 0 Å². The number of carboxylic acid groups (broad SMARTS) is 1. The van der Waals surface area contributed by atoms with E-state index in [1.54, 1.807) is 29.3 Å². The second-order valence-electron chi connectivity index (χ2n) is 5.75. The van der Waals surface area contributed by atoms with Crippen LogP contribution < -0.4 is 5.32 Å². The van der Waals surface area contributed by atoms with Crippen LogP contribution in [0.1, 0.15) is 30.3 Å². The van der Waals surface area contributed by atoms with Gasteiger partial charge in [0.25, 0.3) is 5.91 Å². The van der Waals surface area contributed by atoms with E-state index in [4.69, 9.17) is 5.11 Å². The highest BCUT2D eigenvalue weighted by molar-refractivity contribution is 5.96. The molecule has 0 aliphatic carbocycles. The number of nitrogens with zero attached hydrogens (tertiary/aromatic N) is 2. The van der Waals surface area contributed by atoms with Gasteiger partial charge in [0.1, 0.15) is 11.6 Å². The molecule has 124 valence electrons. The van der Waals surface area contributed by atoms with Gasteiger partial charge in [0.15, 0.2) is 0 Å². The summed E-state index contributed by atoms with van der Waals surface area (Å²) in [6.07, 6.45) is 3.07. The summed E-state index contributed by atoms with van der Waals surface area (Å²) in [6.45, 7) is 3.00. The van der Waals surface area contributed by atoms with E-state index >= 15 is 0 Å². The van der Waals surface area contributed by atoms with Gasteiger partial charge in [0.05, 0.1) is 0 Å². The van der Waals surface area contributed by atoms with Crippen molar-refractivity contribution in [2.75, 3.05) is 19.6 Å². The van der Waals surface area contributed by atoms with Gasteiger partial charge in [-0.2, -0.15) is 0 Å². The van der Waals surface area contributed by atoms with E-state index in [1.165, 1.54) is 6.92 Å². The molecular formula is C16H21N3O4. The van der Waals surface area contributed by atoms with E-state index in [9.17, 15) is 14.4 Å². The molecule has 2 rings (SSSR count). The van der Waals surface area contributed by atoms with Crippen molar-refractivity contribution in [2.45, 2.75) is 19.8 Å². The van der Waals surface area contributed by atoms with Crippen molar-refractivity contribution in [3.63, 3.8) is 0 Å². The lowest BCUT2D eigenvalue weighted by Crippen LogP contribution is -2.44. The molecule has 1 saturated heterocycles. The highest BCUT2D eigenvalue weighted by atomic mass is 16.4. The standard InChI is InChI=1S/C16H21N3O4/c1-11(16(22)23)15(21)19-8-5-12(6-9-19)10-18-14(20)13-4-2-3-7-17-13/h2-4,7,11-12H,5-6,8-10H2,1H3,(H,18,20)(H,22,23). The number of rotatable bonds is 5. The number of nitrogens with one attached hydrogen (secondary N) is 1. The van der Waals surface area contributed by atoms with Gasteiger partial charge >= 0.3 is 5.97 Å². The van der Waals surface area contributed by atoms with Crippen LogP contribution in [0, 0.1) is 11.8 Å². The maximum atomic E-state index is 12.0. The number of piperidine rings is 1. The molecule has 1 unspecified atom stereocenters.